The zero-order chi connectivity index (χ0) is 12.0. The SMILES string of the molecule is CCCCSc1ncnc(OC(C)C)c1N. The number of hydrogen-bond acceptors (Lipinski definition) is 5. The standard InChI is InChI=1S/C11H19N3OS/c1-4-5-6-16-11-9(12)10(13-7-14-11)15-8(2)3/h7-8H,4-6,12H2,1-3H3. The maximum absolute atomic E-state index is 5.94. The van der Waals surface area contributed by atoms with Crippen molar-refractivity contribution in [3.8, 4) is 5.88 Å². The van der Waals surface area contributed by atoms with Crippen LogP contribution in [-0.4, -0.2) is 21.8 Å². The van der Waals surface area contributed by atoms with E-state index < -0.39 is 0 Å². The molecule has 90 valence electrons. The van der Waals surface area contributed by atoms with Gasteiger partial charge < -0.3 is 10.5 Å². The minimum atomic E-state index is 0.0747. The molecule has 0 aliphatic heterocycles. The number of nitrogens with zero attached hydrogens (tertiary/aromatic N) is 2. The average Bonchev–Trinajstić information content (AvgIpc) is 2.23. The first-order chi connectivity index (χ1) is 7.65. The van der Waals surface area contributed by atoms with E-state index in [0.717, 1.165) is 17.2 Å². The largest absolute Gasteiger partial charge is 0.473 e. The molecule has 0 spiro atoms. The first-order valence-electron chi connectivity index (χ1n) is 5.55. The highest BCUT2D eigenvalue weighted by molar-refractivity contribution is 7.99. The molecule has 0 aromatic carbocycles. The highest BCUT2D eigenvalue weighted by atomic mass is 32.2. The molecule has 0 radical (unpaired) electrons. The maximum atomic E-state index is 5.94. The predicted molar refractivity (Wildman–Crippen MR) is 67.8 cm³/mol. The molecular formula is C11H19N3OS. The third-order valence-corrected chi connectivity index (χ3v) is 2.99. The molecule has 4 nitrogen and oxygen atoms in total. The van der Waals surface area contributed by atoms with Crippen molar-refractivity contribution in [2.24, 2.45) is 0 Å². The van der Waals surface area contributed by atoms with Gasteiger partial charge in [-0.25, -0.2) is 4.98 Å². The minimum absolute atomic E-state index is 0.0747. The second-order valence-corrected chi connectivity index (χ2v) is 4.85. The normalized spacial score (nSPS) is 10.8. The summed E-state index contributed by atoms with van der Waals surface area (Å²) in [5.41, 5.74) is 6.50. The average molecular weight is 241 g/mol. The molecule has 5 heteroatoms. The third kappa shape index (κ3) is 3.89. The molecule has 0 saturated heterocycles. The summed E-state index contributed by atoms with van der Waals surface area (Å²) in [7, 11) is 0. The van der Waals surface area contributed by atoms with Crippen LogP contribution in [0.1, 0.15) is 33.6 Å². The van der Waals surface area contributed by atoms with Crippen molar-refractivity contribution in [1.29, 1.82) is 0 Å². The fraction of sp³-hybridized carbons (Fsp3) is 0.636. The predicted octanol–water partition coefficient (Wildman–Crippen LogP) is 2.74. The summed E-state index contributed by atoms with van der Waals surface area (Å²) in [5, 5.41) is 0.819. The monoisotopic (exact) mass is 241 g/mol. The van der Waals surface area contributed by atoms with Crippen molar-refractivity contribution in [1.82, 2.24) is 9.97 Å². The number of aromatic nitrogens is 2. The summed E-state index contributed by atoms with van der Waals surface area (Å²) in [6.45, 7) is 6.06. The Morgan fingerprint density at radius 1 is 1.44 bits per heavy atom. The van der Waals surface area contributed by atoms with Gasteiger partial charge in [-0.2, -0.15) is 4.98 Å². The van der Waals surface area contributed by atoms with Crippen molar-refractivity contribution in [2.45, 2.75) is 44.7 Å². The fourth-order valence-electron chi connectivity index (χ4n) is 1.11. The van der Waals surface area contributed by atoms with Gasteiger partial charge >= 0.3 is 0 Å². The molecule has 1 rings (SSSR count). The van der Waals surface area contributed by atoms with Crippen molar-refractivity contribution < 1.29 is 4.74 Å². The fourth-order valence-corrected chi connectivity index (χ4v) is 2.10. The van der Waals surface area contributed by atoms with E-state index in [0.29, 0.717) is 11.6 Å². The van der Waals surface area contributed by atoms with E-state index in [1.165, 1.54) is 12.7 Å². The van der Waals surface area contributed by atoms with Crippen LogP contribution in [0.25, 0.3) is 0 Å². The Kier molecular flexibility index (Phi) is 5.38. The van der Waals surface area contributed by atoms with Gasteiger partial charge in [0.25, 0.3) is 0 Å². The van der Waals surface area contributed by atoms with E-state index in [4.69, 9.17) is 10.5 Å². The molecule has 2 N–H and O–H groups in total. The van der Waals surface area contributed by atoms with Crippen LogP contribution in [0.4, 0.5) is 5.69 Å². The number of thioether (sulfide) groups is 1. The second-order valence-electron chi connectivity index (χ2n) is 3.77. The smallest absolute Gasteiger partial charge is 0.241 e. The molecule has 0 amide bonds. The van der Waals surface area contributed by atoms with E-state index >= 15 is 0 Å². The number of nitrogens with two attached hydrogens (primary N) is 1. The topological polar surface area (TPSA) is 61.0 Å². The zero-order valence-corrected chi connectivity index (χ0v) is 10.9. The van der Waals surface area contributed by atoms with Gasteiger partial charge in [0.05, 0.1) is 6.10 Å². The maximum Gasteiger partial charge on any atom is 0.241 e. The Balaban J connectivity index is 2.70. The number of rotatable bonds is 6. The second kappa shape index (κ2) is 6.58. The summed E-state index contributed by atoms with van der Waals surface area (Å²) in [6.07, 6.45) is 3.91. The van der Waals surface area contributed by atoms with Gasteiger partial charge in [-0.05, 0) is 26.0 Å². The molecule has 1 aromatic heterocycles. The summed E-state index contributed by atoms with van der Waals surface area (Å²) < 4.78 is 5.50. The molecule has 16 heavy (non-hydrogen) atoms. The van der Waals surface area contributed by atoms with E-state index in [-0.39, 0.29) is 6.10 Å². The number of anilines is 1. The number of hydrogen-bond donors (Lipinski definition) is 1. The zero-order valence-electron chi connectivity index (χ0n) is 10.1. The van der Waals surface area contributed by atoms with Crippen LogP contribution in [0.15, 0.2) is 11.4 Å². The van der Waals surface area contributed by atoms with Crippen molar-refractivity contribution in [3.63, 3.8) is 0 Å². The van der Waals surface area contributed by atoms with Crippen molar-refractivity contribution in [2.75, 3.05) is 11.5 Å². The highest BCUT2D eigenvalue weighted by Crippen LogP contribution is 2.29. The molecule has 1 aromatic rings. The first-order valence-corrected chi connectivity index (χ1v) is 6.53. The summed E-state index contributed by atoms with van der Waals surface area (Å²) in [4.78, 5) is 8.20. The number of unbranched alkanes of at least 4 members (excludes halogenated alkanes) is 1. The van der Waals surface area contributed by atoms with Gasteiger partial charge in [0, 0.05) is 0 Å². The van der Waals surface area contributed by atoms with Gasteiger partial charge in [0.1, 0.15) is 17.0 Å². The lowest BCUT2D eigenvalue weighted by Crippen LogP contribution is -2.10. The Morgan fingerprint density at radius 2 is 2.19 bits per heavy atom. The number of ether oxygens (including phenoxy) is 1. The molecular weight excluding hydrogens is 222 g/mol. The molecule has 0 unspecified atom stereocenters. The quantitative estimate of drug-likeness (QED) is 0.471. The van der Waals surface area contributed by atoms with Crippen LogP contribution in [0.3, 0.4) is 0 Å². The van der Waals surface area contributed by atoms with Gasteiger partial charge in [0.15, 0.2) is 0 Å². The molecule has 1 heterocycles. The third-order valence-electron chi connectivity index (χ3n) is 1.89. The Labute approximate surface area is 101 Å². The van der Waals surface area contributed by atoms with Crippen molar-refractivity contribution >= 4 is 17.4 Å². The van der Waals surface area contributed by atoms with E-state index in [1.807, 2.05) is 13.8 Å². The van der Waals surface area contributed by atoms with Gasteiger partial charge in [0.2, 0.25) is 5.88 Å². The molecule has 0 bridgehead atoms. The van der Waals surface area contributed by atoms with E-state index in [2.05, 4.69) is 16.9 Å². The van der Waals surface area contributed by atoms with E-state index in [1.54, 1.807) is 11.8 Å². The lowest BCUT2D eigenvalue weighted by Gasteiger charge is -2.12. The summed E-state index contributed by atoms with van der Waals surface area (Å²) in [6, 6.07) is 0. The molecule has 0 aliphatic carbocycles. The van der Waals surface area contributed by atoms with Gasteiger partial charge in [-0.3, -0.25) is 0 Å². The van der Waals surface area contributed by atoms with Crippen LogP contribution < -0.4 is 10.5 Å². The summed E-state index contributed by atoms with van der Waals surface area (Å²) >= 11 is 1.66. The Hall–Kier alpha value is -0.970. The van der Waals surface area contributed by atoms with Crippen LogP contribution in [0, 0.1) is 0 Å². The van der Waals surface area contributed by atoms with Gasteiger partial charge in [-0.1, -0.05) is 13.3 Å². The Bertz CT molecular complexity index is 331. The molecule has 0 aliphatic rings. The summed E-state index contributed by atoms with van der Waals surface area (Å²) in [5.74, 6) is 1.52. The highest BCUT2D eigenvalue weighted by Gasteiger charge is 2.10. The number of nitrogen functional groups attached to an aromatic ring is 1. The van der Waals surface area contributed by atoms with Crippen LogP contribution in [0.2, 0.25) is 0 Å². The Morgan fingerprint density at radius 3 is 2.81 bits per heavy atom. The van der Waals surface area contributed by atoms with Crippen molar-refractivity contribution in [3.05, 3.63) is 6.33 Å². The lowest BCUT2D eigenvalue weighted by atomic mass is 10.4. The lowest BCUT2D eigenvalue weighted by molar-refractivity contribution is 0.233. The van der Waals surface area contributed by atoms with Crippen LogP contribution in [0.5, 0.6) is 5.88 Å². The van der Waals surface area contributed by atoms with E-state index in [9.17, 15) is 0 Å². The minimum Gasteiger partial charge on any atom is -0.473 e. The molecule has 0 fully saturated rings. The molecule has 0 atom stereocenters. The van der Waals surface area contributed by atoms with Crippen LogP contribution >= 0.6 is 11.8 Å². The van der Waals surface area contributed by atoms with Gasteiger partial charge in [-0.15, -0.1) is 11.8 Å². The van der Waals surface area contributed by atoms with Crippen LogP contribution in [-0.2, 0) is 0 Å². The molecule has 0 saturated carbocycles. The first kappa shape index (κ1) is 13.1.